The molecule has 0 amide bonds. The normalized spacial score (nSPS) is 28.5. The van der Waals surface area contributed by atoms with Gasteiger partial charge in [-0.2, -0.15) is 0 Å². The predicted octanol–water partition coefficient (Wildman–Crippen LogP) is 6.25. The van der Waals surface area contributed by atoms with Crippen LogP contribution < -0.4 is 0 Å². The van der Waals surface area contributed by atoms with Crippen LogP contribution >= 0.6 is 0 Å². The van der Waals surface area contributed by atoms with Crippen molar-refractivity contribution >= 4 is 5.71 Å². The standard InChI is InChI=1S/C28H21NO/c30-29-23-15-7-14-22-26-20-12-5-6-13-21(20)28(27(22)23)25-18-10-3-1-8-16(18)24(26)17-9-2-4-11-19(17)25/h1-14,24-26,28,30H,15H2/b29-23+. The molecule has 2 unspecified atom stereocenters. The van der Waals surface area contributed by atoms with E-state index >= 15 is 0 Å². The first kappa shape index (κ1) is 16.4. The summed E-state index contributed by atoms with van der Waals surface area (Å²) in [6.07, 6.45) is 5.17. The molecule has 7 aliphatic carbocycles. The lowest BCUT2D eigenvalue weighted by molar-refractivity contribution is 0.317. The zero-order valence-electron chi connectivity index (χ0n) is 16.5. The second kappa shape index (κ2) is 5.82. The Morgan fingerprint density at radius 1 is 0.600 bits per heavy atom. The van der Waals surface area contributed by atoms with E-state index in [-0.39, 0.29) is 23.7 Å². The summed E-state index contributed by atoms with van der Waals surface area (Å²) in [5.74, 6) is 0.879. The van der Waals surface area contributed by atoms with Gasteiger partial charge in [0.15, 0.2) is 0 Å². The van der Waals surface area contributed by atoms with Crippen molar-refractivity contribution in [2.24, 2.45) is 5.16 Å². The quantitative estimate of drug-likeness (QED) is 0.359. The number of allylic oxidation sites excluding steroid dienone is 4. The van der Waals surface area contributed by atoms with E-state index in [1.807, 2.05) is 0 Å². The first-order valence-electron chi connectivity index (χ1n) is 10.8. The zero-order valence-corrected chi connectivity index (χ0v) is 16.5. The molecule has 30 heavy (non-hydrogen) atoms. The number of rotatable bonds is 0. The van der Waals surface area contributed by atoms with Crippen molar-refractivity contribution in [2.45, 2.75) is 30.1 Å². The highest BCUT2D eigenvalue weighted by atomic mass is 16.4. The summed E-state index contributed by atoms with van der Waals surface area (Å²) in [6.45, 7) is 0. The van der Waals surface area contributed by atoms with Crippen LogP contribution in [0.4, 0.5) is 0 Å². The molecule has 0 saturated carbocycles. The molecule has 0 saturated heterocycles. The van der Waals surface area contributed by atoms with E-state index in [9.17, 15) is 5.21 Å². The van der Waals surface area contributed by atoms with Crippen molar-refractivity contribution in [3.8, 4) is 0 Å². The van der Waals surface area contributed by atoms with E-state index in [2.05, 4.69) is 90.1 Å². The van der Waals surface area contributed by atoms with Gasteiger partial charge >= 0.3 is 0 Å². The lowest BCUT2D eigenvalue weighted by Crippen LogP contribution is -2.38. The van der Waals surface area contributed by atoms with Gasteiger partial charge in [-0.15, -0.1) is 0 Å². The van der Waals surface area contributed by atoms with Gasteiger partial charge in [-0.25, -0.2) is 0 Å². The van der Waals surface area contributed by atoms with Crippen LogP contribution in [0, 0.1) is 0 Å². The van der Waals surface area contributed by atoms with Gasteiger partial charge in [0.1, 0.15) is 0 Å². The fourth-order valence-electron chi connectivity index (χ4n) is 6.70. The first-order valence-corrected chi connectivity index (χ1v) is 10.8. The van der Waals surface area contributed by atoms with Crippen LogP contribution in [0.5, 0.6) is 0 Å². The Morgan fingerprint density at radius 3 is 1.53 bits per heavy atom. The highest BCUT2D eigenvalue weighted by molar-refractivity contribution is 6.05. The third-order valence-electron chi connectivity index (χ3n) is 7.66. The number of hydrogen-bond donors (Lipinski definition) is 1. The molecule has 2 heteroatoms. The van der Waals surface area contributed by atoms with Crippen LogP contribution in [0.1, 0.15) is 63.5 Å². The maximum absolute atomic E-state index is 9.95. The summed E-state index contributed by atoms with van der Waals surface area (Å²) in [5, 5.41) is 13.7. The molecular formula is C28H21NO. The van der Waals surface area contributed by atoms with Gasteiger partial charge in [0, 0.05) is 30.1 Å². The van der Waals surface area contributed by atoms with Gasteiger partial charge in [0.25, 0.3) is 0 Å². The molecule has 0 spiro atoms. The Hall–Kier alpha value is -3.39. The van der Waals surface area contributed by atoms with Gasteiger partial charge in [-0.05, 0) is 44.5 Å². The lowest BCUT2D eigenvalue weighted by Gasteiger charge is -2.51. The maximum Gasteiger partial charge on any atom is 0.0874 e. The third-order valence-corrected chi connectivity index (χ3v) is 7.66. The van der Waals surface area contributed by atoms with Gasteiger partial charge in [-0.3, -0.25) is 0 Å². The first-order chi connectivity index (χ1) is 14.9. The van der Waals surface area contributed by atoms with Crippen molar-refractivity contribution in [2.75, 3.05) is 0 Å². The Bertz CT molecular complexity index is 1260. The van der Waals surface area contributed by atoms with E-state index in [1.54, 1.807) is 0 Å². The second-order valence-corrected chi connectivity index (χ2v) is 8.82. The molecular weight excluding hydrogens is 366 g/mol. The molecule has 7 aliphatic rings. The van der Waals surface area contributed by atoms with E-state index < -0.39 is 0 Å². The van der Waals surface area contributed by atoms with Crippen molar-refractivity contribution < 1.29 is 5.21 Å². The molecule has 0 aliphatic heterocycles. The zero-order chi connectivity index (χ0) is 19.8. The van der Waals surface area contributed by atoms with Crippen molar-refractivity contribution in [3.05, 3.63) is 129 Å². The second-order valence-electron chi connectivity index (χ2n) is 8.82. The molecule has 0 radical (unpaired) electrons. The molecule has 2 atom stereocenters. The van der Waals surface area contributed by atoms with E-state index in [4.69, 9.17) is 0 Å². The SMILES string of the molecule is O/N=C1\CC=CC2=C1C1c3ccccc3C2C2c3ccccc3C1c1ccccc12. The molecule has 2 nitrogen and oxygen atoms in total. The van der Waals surface area contributed by atoms with Gasteiger partial charge in [0.2, 0.25) is 0 Å². The number of benzene rings is 3. The lowest BCUT2D eigenvalue weighted by atomic mass is 9.52. The minimum atomic E-state index is 0.159. The third kappa shape index (κ3) is 1.87. The largest absolute Gasteiger partial charge is 0.411 e. The monoisotopic (exact) mass is 387 g/mol. The summed E-state index contributed by atoms with van der Waals surface area (Å²) in [5.41, 5.74) is 12.0. The van der Waals surface area contributed by atoms with E-state index in [1.165, 1.54) is 44.5 Å². The van der Waals surface area contributed by atoms with Gasteiger partial charge < -0.3 is 5.21 Å². The maximum atomic E-state index is 9.95. The van der Waals surface area contributed by atoms with Crippen LogP contribution in [0.3, 0.4) is 0 Å². The molecule has 0 aromatic heterocycles. The van der Waals surface area contributed by atoms with Gasteiger partial charge in [0.05, 0.1) is 5.71 Å². The summed E-state index contributed by atoms with van der Waals surface area (Å²) in [6, 6.07) is 27.0. The molecule has 0 heterocycles. The molecule has 1 N–H and O–H groups in total. The van der Waals surface area contributed by atoms with Crippen molar-refractivity contribution in [1.82, 2.24) is 0 Å². The number of oxime groups is 1. The van der Waals surface area contributed by atoms with E-state index in [0.717, 1.165) is 5.71 Å². The molecule has 3 aromatic carbocycles. The Morgan fingerprint density at radius 2 is 1.03 bits per heavy atom. The fourth-order valence-corrected chi connectivity index (χ4v) is 6.70. The van der Waals surface area contributed by atoms with Gasteiger partial charge in [-0.1, -0.05) is 90.1 Å². The van der Waals surface area contributed by atoms with Crippen molar-refractivity contribution in [3.63, 3.8) is 0 Å². The molecule has 0 fully saturated rings. The van der Waals surface area contributed by atoms with Crippen LogP contribution in [-0.2, 0) is 0 Å². The predicted molar refractivity (Wildman–Crippen MR) is 118 cm³/mol. The Labute approximate surface area is 175 Å². The summed E-state index contributed by atoms with van der Waals surface area (Å²) in [4.78, 5) is 0. The molecule has 10 rings (SSSR count). The van der Waals surface area contributed by atoms with Crippen LogP contribution in [0.2, 0.25) is 0 Å². The molecule has 4 bridgehead atoms. The van der Waals surface area contributed by atoms with Crippen LogP contribution in [-0.4, -0.2) is 10.9 Å². The minimum Gasteiger partial charge on any atom is -0.411 e. The minimum absolute atomic E-state index is 0.159. The number of hydrogen-bond acceptors (Lipinski definition) is 2. The smallest absolute Gasteiger partial charge is 0.0874 e. The fraction of sp³-hybridized carbons (Fsp3) is 0.179. The summed E-state index contributed by atoms with van der Waals surface area (Å²) < 4.78 is 0. The highest BCUT2D eigenvalue weighted by Gasteiger charge is 2.51. The van der Waals surface area contributed by atoms with Crippen LogP contribution in [0.25, 0.3) is 0 Å². The summed E-state index contributed by atoms with van der Waals surface area (Å²) in [7, 11) is 0. The van der Waals surface area contributed by atoms with Crippen LogP contribution in [0.15, 0.2) is 101 Å². The number of nitrogens with zero attached hydrogens (tertiary/aromatic N) is 1. The average molecular weight is 387 g/mol. The molecule has 144 valence electrons. The topological polar surface area (TPSA) is 32.6 Å². The highest BCUT2D eigenvalue weighted by Crippen LogP contribution is 2.64. The van der Waals surface area contributed by atoms with Crippen molar-refractivity contribution in [1.29, 1.82) is 0 Å². The van der Waals surface area contributed by atoms with E-state index in [0.29, 0.717) is 6.42 Å². The molecule has 3 aromatic rings. The average Bonchev–Trinajstić information content (AvgIpc) is 2.79. The summed E-state index contributed by atoms with van der Waals surface area (Å²) >= 11 is 0. The Kier molecular flexibility index (Phi) is 3.19. The Balaban J connectivity index is 1.68.